The third kappa shape index (κ3) is 3.96. The molecule has 1 saturated heterocycles. The molecule has 0 aromatic carbocycles. The van der Waals surface area contributed by atoms with Crippen molar-refractivity contribution in [1.29, 1.82) is 0 Å². The van der Waals surface area contributed by atoms with Crippen molar-refractivity contribution in [3.8, 4) is 0 Å². The van der Waals surface area contributed by atoms with Crippen molar-refractivity contribution < 1.29 is 4.74 Å². The van der Waals surface area contributed by atoms with E-state index in [9.17, 15) is 0 Å². The van der Waals surface area contributed by atoms with E-state index in [1.54, 1.807) is 0 Å². The average molecular weight is 250 g/mol. The van der Waals surface area contributed by atoms with Gasteiger partial charge in [-0.2, -0.15) is 0 Å². The van der Waals surface area contributed by atoms with Crippen LogP contribution in [0, 0.1) is 5.92 Å². The van der Waals surface area contributed by atoms with E-state index in [0.29, 0.717) is 4.83 Å². The SMILES string of the molecule is CCOCCN1CCC(C)C(Br)C1. The number of ether oxygens (including phenoxy) is 1. The van der Waals surface area contributed by atoms with Gasteiger partial charge in [-0.15, -0.1) is 0 Å². The molecule has 1 aliphatic rings. The van der Waals surface area contributed by atoms with Gasteiger partial charge in [0, 0.05) is 24.5 Å². The van der Waals surface area contributed by atoms with Crippen molar-refractivity contribution in [1.82, 2.24) is 4.90 Å². The largest absolute Gasteiger partial charge is 0.380 e. The van der Waals surface area contributed by atoms with Crippen LogP contribution in [0.5, 0.6) is 0 Å². The molecule has 2 unspecified atom stereocenters. The third-order valence-corrected chi connectivity index (χ3v) is 3.90. The Kier molecular flexibility index (Phi) is 5.29. The summed E-state index contributed by atoms with van der Waals surface area (Å²) in [5.41, 5.74) is 0. The fourth-order valence-corrected chi connectivity index (χ4v) is 2.30. The second-order valence-corrected chi connectivity index (χ2v) is 4.96. The second-order valence-electron chi connectivity index (χ2n) is 3.78. The summed E-state index contributed by atoms with van der Waals surface area (Å²) in [5, 5.41) is 0. The molecule has 0 bridgehead atoms. The highest BCUT2D eigenvalue weighted by Crippen LogP contribution is 2.22. The van der Waals surface area contributed by atoms with Crippen LogP contribution in [-0.2, 0) is 4.74 Å². The van der Waals surface area contributed by atoms with Gasteiger partial charge in [-0.1, -0.05) is 22.9 Å². The highest BCUT2D eigenvalue weighted by molar-refractivity contribution is 9.09. The monoisotopic (exact) mass is 249 g/mol. The fraction of sp³-hybridized carbons (Fsp3) is 1.00. The lowest BCUT2D eigenvalue weighted by atomic mass is 9.99. The number of hydrogen-bond acceptors (Lipinski definition) is 2. The predicted octanol–water partition coefficient (Wildman–Crippen LogP) is 2.13. The molecule has 0 saturated carbocycles. The van der Waals surface area contributed by atoms with E-state index in [-0.39, 0.29) is 0 Å². The van der Waals surface area contributed by atoms with E-state index in [2.05, 4.69) is 27.8 Å². The number of likely N-dealkylation sites (tertiary alicyclic amines) is 1. The van der Waals surface area contributed by atoms with Crippen LogP contribution in [0.4, 0.5) is 0 Å². The Morgan fingerprint density at radius 3 is 2.92 bits per heavy atom. The molecule has 0 radical (unpaired) electrons. The van der Waals surface area contributed by atoms with Gasteiger partial charge in [-0.05, 0) is 25.8 Å². The maximum atomic E-state index is 5.34. The fourth-order valence-electron chi connectivity index (χ4n) is 1.63. The molecule has 0 amide bonds. The van der Waals surface area contributed by atoms with E-state index in [4.69, 9.17) is 4.74 Å². The van der Waals surface area contributed by atoms with Crippen LogP contribution in [0.3, 0.4) is 0 Å². The smallest absolute Gasteiger partial charge is 0.0593 e. The molecule has 1 fully saturated rings. The Bertz CT molecular complexity index is 143. The Hall–Kier alpha value is 0.400. The number of halogens is 1. The summed E-state index contributed by atoms with van der Waals surface area (Å²) in [7, 11) is 0. The minimum atomic E-state index is 0.669. The molecule has 1 aliphatic heterocycles. The molecular formula is C10H20BrNO. The van der Waals surface area contributed by atoms with Crippen LogP contribution >= 0.6 is 15.9 Å². The summed E-state index contributed by atoms with van der Waals surface area (Å²) in [5.74, 6) is 0.823. The summed E-state index contributed by atoms with van der Waals surface area (Å²) in [6, 6.07) is 0. The van der Waals surface area contributed by atoms with Gasteiger partial charge >= 0.3 is 0 Å². The van der Waals surface area contributed by atoms with Crippen molar-refractivity contribution in [2.75, 3.05) is 32.8 Å². The van der Waals surface area contributed by atoms with Gasteiger partial charge in [-0.25, -0.2) is 0 Å². The highest BCUT2D eigenvalue weighted by atomic mass is 79.9. The lowest BCUT2D eigenvalue weighted by Gasteiger charge is -2.33. The molecule has 1 heterocycles. The first-order valence-corrected chi connectivity index (χ1v) is 6.09. The van der Waals surface area contributed by atoms with E-state index in [0.717, 1.165) is 25.7 Å². The summed E-state index contributed by atoms with van der Waals surface area (Å²) >= 11 is 3.72. The molecule has 0 aromatic rings. The summed E-state index contributed by atoms with van der Waals surface area (Å²) in [6.45, 7) is 9.57. The molecule has 0 N–H and O–H groups in total. The minimum absolute atomic E-state index is 0.669. The van der Waals surface area contributed by atoms with Gasteiger partial charge in [-0.3, -0.25) is 4.90 Å². The first kappa shape index (κ1) is 11.5. The predicted molar refractivity (Wildman–Crippen MR) is 59.4 cm³/mol. The molecule has 0 aromatic heterocycles. The van der Waals surface area contributed by atoms with Crippen molar-refractivity contribution in [3.05, 3.63) is 0 Å². The second kappa shape index (κ2) is 5.99. The van der Waals surface area contributed by atoms with Gasteiger partial charge < -0.3 is 4.74 Å². The highest BCUT2D eigenvalue weighted by Gasteiger charge is 2.23. The zero-order valence-electron chi connectivity index (χ0n) is 8.63. The Morgan fingerprint density at radius 1 is 1.54 bits per heavy atom. The maximum absolute atomic E-state index is 5.34. The summed E-state index contributed by atoms with van der Waals surface area (Å²) in [6.07, 6.45) is 1.31. The molecule has 2 nitrogen and oxygen atoms in total. The molecule has 13 heavy (non-hydrogen) atoms. The van der Waals surface area contributed by atoms with Gasteiger partial charge in [0.15, 0.2) is 0 Å². The molecule has 0 aliphatic carbocycles. The number of nitrogens with zero attached hydrogens (tertiary/aromatic N) is 1. The Morgan fingerprint density at radius 2 is 2.31 bits per heavy atom. The number of rotatable bonds is 4. The van der Waals surface area contributed by atoms with E-state index in [1.165, 1.54) is 19.5 Å². The maximum Gasteiger partial charge on any atom is 0.0593 e. The van der Waals surface area contributed by atoms with E-state index in [1.807, 2.05) is 6.92 Å². The number of piperidine rings is 1. The Balaban J connectivity index is 2.14. The van der Waals surface area contributed by atoms with Gasteiger partial charge in [0.2, 0.25) is 0 Å². The molecule has 0 spiro atoms. The van der Waals surface area contributed by atoms with Gasteiger partial charge in [0.1, 0.15) is 0 Å². The average Bonchev–Trinajstić information content (AvgIpc) is 2.12. The first-order chi connectivity index (χ1) is 6.24. The van der Waals surface area contributed by atoms with Crippen molar-refractivity contribution >= 4 is 15.9 Å². The molecule has 2 atom stereocenters. The van der Waals surface area contributed by atoms with Crippen LogP contribution < -0.4 is 0 Å². The standard InChI is InChI=1S/C10H20BrNO/c1-3-13-7-6-12-5-4-9(2)10(11)8-12/h9-10H,3-8H2,1-2H3. The lowest BCUT2D eigenvalue weighted by Crippen LogP contribution is -2.41. The van der Waals surface area contributed by atoms with Crippen LogP contribution in [0.25, 0.3) is 0 Å². The van der Waals surface area contributed by atoms with Crippen LogP contribution in [0.15, 0.2) is 0 Å². The van der Waals surface area contributed by atoms with Crippen LogP contribution in [0.1, 0.15) is 20.3 Å². The quantitative estimate of drug-likeness (QED) is 0.560. The molecule has 78 valence electrons. The number of alkyl halides is 1. The molecular weight excluding hydrogens is 230 g/mol. The normalized spacial score (nSPS) is 30.7. The van der Waals surface area contributed by atoms with Crippen LogP contribution in [-0.4, -0.2) is 42.6 Å². The van der Waals surface area contributed by atoms with Crippen LogP contribution in [0.2, 0.25) is 0 Å². The summed E-state index contributed by atoms with van der Waals surface area (Å²) in [4.78, 5) is 3.15. The zero-order valence-corrected chi connectivity index (χ0v) is 10.2. The van der Waals surface area contributed by atoms with E-state index >= 15 is 0 Å². The van der Waals surface area contributed by atoms with E-state index < -0.39 is 0 Å². The van der Waals surface area contributed by atoms with Gasteiger partial charge in [0.05, 0.1) is 6.61 Å². The molecule has 3 heteroatoms. The molecule has 1 rings (SSSR count). The van der Waals surface area contributed by atoms with Gasteiger partial charge in [0.25, 0.3) is 0 Å². The Labute approximate surface area is 89.8 Å². The topological polar surface area (TPSA) is 12.5 Å². The minimum Gasteiger partial charge on any atom is -0.380 e. The van der Waals surface area contributed by atoms with Crippen molar-refractivity contribution in [2.45, 2.75) is 25.1 Å². The first-order valence-electron chi connectivity index (χ1n) is 5.18. The van der Waals surface area contributed by atoms with Crippen molar-refractivity contribution in [2.24, 2.45) is 5.92 Å². The summed E-state index contributed by atoms with van der Waals surface area (Å²) < 4.78 is 5.34. The van der Waals surface area contributed by atoms with Crippen molar-refractivity contribution in [3.63, 3.8) is 0 Å². The lowest BCUT2D eigenvalue weighted by molar-refractivity contribution is 0.1000. The third-order valence-electron chi connectivity index (χ3n) is 2.71. The number of hydrogen-bond donors (Lipinski definition) is 0. The zero-order chi connectivity index (χ0) is 9.68.